The van der Waals surface area contributed by atoms with Gasteiger partial charge in [0, 0.05) is 12.2 Å². The van der Waals surface area contributed by atoms with E-state index in [2.05, 4.69) is 20.7 Å². The number of hydrogen-bond acceptors (Lipinski definition) is 6. The normalized spacial score (nSPS) is 19.1. The molecule has 9 nitrogen and oxygen atoms in total. The summed E-state index contributed by atoms with van der Waals surface area (Å²) >= 11 is 5.08. The van der Waals surface area contributed by atoms with Gasteiger partial charge in [0.25, 0.3) is 10.0 Å². The Labute approximate surface area is 194 Å². The Hall–Kier alpha value is -2.66. The minimum atomic E-state index is -4.07. The van der Waals surface area contributed by atoms with E-state index in [1.54, 1.807) is 12.3 Å². The maximum absolute atomic E-state index is 13.0. The summed E-state index contributed by atoms with van der Waals surface area (Å²) in [4.78, 5) is 23.9. The molecule has 0 saturated carbocycles. The number of carbonyl (C=O) groups excluding carboxylic acids is 2. The third-order valence-electron chi connectivity index (χ3n) is 5.56. The molecule has 1 aromatic carbocycles. The number of thiocarbonyl (C=S) groups is 1. The Morgan fingerprint density at radius 3 is 2.53 bits per heavy atom. The van der Waals surface area contributed by atoms with Crippen LogP contribution >= 0.6 is 12.2 Å². The van der Waals surface area contributed by atoms with Crippen molar-refractivity contribution in [3.05, 3.63) is 35.5 Å². The van der Waals surface area contributed by atoms with Gasteiger partial charge in [-0.1, -0.05) is 13.0 Å². The van der Waals surface area contributed by atoms with Gasteiger partial charge in [-0.3, -0.25) is 14.3 Å². The summed E-state index contributed by atoms with van der Waals surface area (Å²) < 4.78 is 33.6. The lowest BCUT2D eigenvalue weighted by Gasteiger charge is -2.31. The number of ether oxygens (including phenoxy) is 1. The van der Waals surface area contributed by atoms with Gasteiger partial charge in [-0.15, -0.1) is 0 Å². The average Bonchev–Trinajstić information content (AvgIpc) is 3.00. The van der Waals surface area contributed by atoms with Crippen LogP contribution in [-0.2, 0) is 19.6 Å². The predicted molar refractivity (Wildman–Crippen MR) is 125 cm³/mol. The molecule has 0 radical (unpaired) electrons. The predicted octanol–water partition coefficient (Wildman–Crippen LogP) is 1.86. The number of nitrogens with one attached hydrogen (secondary N) is 4. The molecule has 0 bridgehead atoms. The number of hydrogen-bond donors (Lipinski definition) is 4. The van der Waals surface area contributed by atoms with Crippen molar-refractivity contribution in [1.82, 2.24) is 20.7 Å². The van der Waals surface area contributed by atoms with E-state index in [0.29, 0.717) is 18.4 Å². The van der Waals surface area contributed by atoms with Crippen molar-refractivity contribution in [1.29, 1.82) is 0 Å². The van der Waals surface area contributed by atoms with Crippen LogP contribution in [0.4, 0.5) is 0 Å². The summed E-state index contributed by atoms with van der Waals surface area (Å²) in [5.74, 6) is -0.0262. The van der Waals surface area contributed by atoms with Crippen molar-refractivity contribution in [2.45, 2.75) is 57.5 Å². The summed E-state index contributed by atoms with van der Waals surface area (Å²) in [5, 5.41) is 8.25. The fourth-order valence-corrected chi connectivity index (χ4v) is 5.44. The van der Waals surface area contributed by atoms with Crippen molar-refractivity contribution in [2.24, 2.45) is 5.41 Å². The molecule has 32 heavy (non-hydrogen) atoms. The third kappa shape index (κ3) is 5.39. The lowest BCUT2D eigenvalue weighted by atomic mass is 9.73. The first-order valence-electron chi connectivity index (χ1n) is 10.2. The second-order valence-electron chi connectivity index (χ2n) is 7.92. The Morgan fingerprint density at radius 2 is 2.03 bits per heavy atom. The van der Waals surface area contributed by atoms with Gasteiger partial charge >= 0.3 is 0 Å². The van der Waals surface area contributed by atoms with Crippen LogP contribution in [0, 0.1) is 5.41 Å². The van der Waals surface area contributed by atoms with Gasteiger partial charge in [0.15, 0.2) is 5.11 Å². The second-order valence-corrected chi connectivity index (χ2v) is 9.98. The highest BCUT2D eigenvalue weighted by Crippen LogP contribution is 2.43. The largest absolute Gasteiger partial charge is 0.495 e. The highest BCUT2D eigenvalue weighted by Gasteiger charge is 2.43. The minimum Gasteiger partial charge on any atom is -0.495 e. The number of methoxy groups -OCH3 is 1. The molecule has 0 saturated heterocycles. The standard InChI is InChI=1S/C21H30N4O5S2/c1-6-21(14(4)11-22-19(21)27)10-16(23-12-26)15-7-8-17(30-5)18(9-15)32(28,29)25-20(31)24-13(2)3/h7-9,11-13,16H,6,10H2,1-5H3,(H,22,27)(H,23,26)(H2,24,25,31). The van der Waals surface area contributed by atoms with E-state index in [1.165, 1.54) is 19.2 Å². The molecule has 1 heterocycles. The van der Waals surface area contributed by atoms with Crippen molar-refractivity contribution in [2.75, 3.05) is 7.11 Å². The van der Waals surface area contributed by atoms with E-state index >= 15 is 0 Å². The lowest BCUT2D eigenvalue weighted by molar-refractivity contribution is -0.128. The zero-order chi connectivity index (χ0) is 24.1. The van der Waals surface area contributed by atoms with Crippen molar-refractivity contribution >= 4 is 39.7 Å². The lowest BCUT2D eigenvalue weighted by Crippen LogP contribution is -2.42. The molecule has 0 aromatic heterocycles. The van der Waals surface area contributed by atoms with E-state index in [9.17, 15) is 18.0 Å². The van der Waals surface area contributed by atoms with E-state index < -0.39 is 21.5 Å². The molecule has 0 fully saturated rings. The molecule has 2 rings (SSSR count). The molecule has 1 aliphatic heterocycles. The Morgan fingerprint density at radius 1 is 1.34 bits per heavy atom. The first kappa shape index (κ1) is 25.6. The van der Waals surface area contributed by atoms with Crippen molar-refractivity contribution in [3.63, 3.8) is 0 Å². The molecule has 11 heteroatoms. The van der Waals surface area contributed by atoms with E-state index in [1.807, 2.05) is 27.7 Å². The molecule has 0 aliphatic carbocycles. The molecule has 4 N–H and O–H groups in total. The molecule has 2 amide bonds. The SMILES string of the molecule is CCC1(CC(NC=O)c2ccc(OC)c(S(=O)(=O)NC(=S)NC(C)C)c2)C(=O)NC=C1C. The maximum atomic E-state index is 13.0. The Kier molecular flexibility index (Phi) is 8.24. The molecular formula is C21H30N4O5S2. The van der Waals surface area contributed by atoms with Gasteiger partial charge in [0.1, 0.15) is 10.6 Å². The summed E-state index contributed by atoms with van der Waals surface area (Å²) in [6.07, 6.45) is 3.00. The van der Waals surface area contributed by atoms with E-state index in [4.69, 9.17) is 17.0 Å². The first-order valence-corrected chi connectivity index (χ1v) is 12.1. The summed E-state index contributed by atoms with van der Waals surface area (Å²) in [6.45, 7) is 7.42. The molecule has 2 unspecified atom stereocenters. The van der Waals surface area contributed by atoms with Crippen LogP contribution < -0.4 is 25.4 Å². The Balaban J connectivity index is 2.47. The monoisotopic (exact) mass is 482 g/mol. The van der Waals surface area contributed by atoms with Crippen LogP contribution in [-0.4, -0.2) is 39.0 Å². The van der Waals surface area contributed by atoms with Crippen LogP contribution in [0.2, 0.25) is 0 Å². The average molecular weight is 483 g/mol. The number of carbonyl (C=O) groups is 2. The zero-order valence-corrected chi connectivity index (χ0v) is 20.4. The Bertz CT molecular complexity index is 1020. The van der Waals surface area contributed by atoms with Crippen LogP contribution in [0.15, 0.2) is 34.9 Å². The second kappa shape index (κ2) is 10.3. The van der Waals surface area contributed by atoms with Gasteiger partial charge in [-0.2, -0.15) is 0 Å². The summed E-state index contributed by atoms with van der Waals surface area (Å²) in [6, 6.07) is 3.94. The van der Waals surface area contributed by atoms with Crippen LogP contribution in [0.25, 0.3) is 0 Å². The van der Waals surface area contributed by atoms with Crippen molar-refractivity contribution in [3.8, 4) is 5.75 Å². The van der Waals surface area contributed by atoms with Gasteiger partial charge in [0.05, 0.1) is 18.6 Å². The highest BCUT2D eigenvalue weighted by atomic mass is 32.2. The van der Waals surface area contributed by atoms with Crippen LogP contribution in [0.5, 0.6) is 5.75 Å². The van der Waals surface area contributed by atoms with Gasteiger partial charge in [-0.25, -0.2) is 8.42 Å². The molecule has 0 spiro atoms. The van der Waals surface area contributed by atoms with E-state index in [0.717, 1.165) is 5.57 Å². The smallest absolute Gasteiger partial charge is 0.267 e. The van der Waals surface area contributed by atoms with Gasteiger partial charge < -0.3 is 20.7 Å². The minimum absolute atomic E-state index is 0.0386. The molecule has 1 aliphatic rings. The quantitative estimate of drug-likeness (QED) is 0.296. The maximum Gasteiger partial charge on any atom is 0.267 e. The van der Waals surface area contributed by atoms with Gasteiger partial charge in [-0.05, 0) is 69.1 Å². The van der Waals surface area contributed by atoms with Crippen molar-refractivity contribution < 1.29 is 22.7 Å². The molecule has 1 aromatic rings. The number of sulfonamides is 1. The fourth-order valence-electron chi connectivity index (χ4n) is 3.76. The molecular weight excluding hydrogens is 452 g/mol. The van der Waals surface area contributed by atoms with Crippen LogP contribution in [0.1, 0.15) is 52.1 Å². The van der Waals surface area contributed by atoms with E-state index in [-0.39, 0.29) is 34.1 Å². The number of amides is 2. The topological polar surface area (TPSA) is 126 Å². The molecule has 176 valence electrons. The molecule has 2 atom stereocenters. The fraction of sp³-hybridized carbons (Fsp3) is 0.476. The number of rotatable bonds is 10. The first-order chi connectivity index (χ1) is 15.0. The van der Waals surface area contributed by atoms with Crippen LogP contribution in [0.3, 0.4) is 0 Å². The third-order valence-corrected chi connectivity index (χ3v) is 7.28. The number of benzene rings is 1. The van der Waals surface area contributed by atoms with Gasteiger partial charge in [0.2, 0.25) is 12.3 Å². The zero-order valence-electron chi connectivity index (χ0n) is 18.8. The highest BCUT2D eigenvalue weighted by molar-refractivity contribution is 7.92. The summed E-state index contributed by atoms with van der Waals surface area (Å²) in [5.41, 5.74) is 0.567. The summed E-state index contributed by atoms with van der Waals surface area (Å²) in [7, 11) is -2.71.